The SMILES string of the molecule is C[Si](C)(O[Si](C)(C)c1ccc(C(=O)Oc2ccccc2Br)cc1)c1ccc(C(=O)Oc2ccccc2Br)cc1. The van der Waals surface area contributed by atoms with E-state index >= 15 is 0 Å². The highest BCUT2D eigenvalue weighted by Crippen LogP contribution is 2.26. The molecule has 0 aliphatic rings. The average Bonchev–Trinajstić information content (AvgIpc) is 2.91. The molecule has 9 heteroatoms. The molecule has 0 amide bonds. The molecule has 0 spiro atoms. The molecular formula is C30H28Br2O5Si2. The van der Waals surface area contributed by atoms with Crippen molar-refractivity contribution in [3.05, 3.63) is 117 Å². The molecule has 0 saturated carbocycles. The molecule has 0 aromatic heterocycles. The van der Waals surface area contributed by atoms with E-state index in [1.54, 1.807) is 36.4 Å². The van der Waals surface area contributed by atoms with Crippen molar-refractivity contribution < 1.29 is 23.2 Å². The van der Waals surface area contributed by atoms with Crippen molar-refractivity contribution in [2.45, 2.75) is 26.2 Å². The van der Waals surface area contributed by atoms with Crippen molar-refractivity contribution in [2.75, 3.05) is 0 Å². The predicted molar refractivity (Wildman–Crippen MR) is 166 cm³/mol. The smallest absolute Gasteiger partial charge is 0.343 e. The number of carbonyl (C=O) groups excluding carboxylic acids is 2. The summed E-state index contributed by atoms with van der Waals surface area (Å²) in [6.07, 6.45) is 0. The molecule has 0 N–H and O–H groups in total. The maximum atomic E-state index is 12.6. The molecule has 4 rings (SSSR count). The van der Waals surface area contributed by atoms with Gasteiger partial charge in [-0.3, -0.25) is 0 Å². The van der Waals surface area contributed by atoms with Crippen LogP contribution in [0.5, 0.6) is 11.5 Å². The van der Waals surface area contributed by atoms with Crippen molar-refractivity contribution in [1.82, 2.24) is 0 Å². The summed E-state index contributed by atoms with van der Waals surface area (Å²) in [6, 6.07) is 29.4. The fourth-order valence-corrected chi connectivity index (χ4v) is 12.9. The van der Waals surface area contributed by atoms with E-state index in [1.807, 2.05) is 60.7 Å². The van der Waals surface area contributed by atoms with E-state index in [0.29, 0.717) is 22.6 Å². The van der Waals surface area contributed by atoms with Crippen LogP contribution in [0.25, 0.3) is 0 Å². The molecule has 0 bridgehead atoms. The minimum atomic E-state index is -2.33. The largest absolute Gasteiger partial charge is 0.449 e. The maximum Gasteiger partial charge on any atom is 0.343 e. The van der Waals surface area contributed by atoms with Crippen molar-refractivity contribution in [3.63, 3.8) is 0 Å². The summed E-state index contributed by atoms with van der Waals surface area (Å²) in [7, 11) is -4.65. The van der Waals surface area contributed by atoms with Gasteiger partial charge in [-0.25, -0.2) is 9.59 Å². The highest BCUT2D eigenvalue weighted by atomic mass is 79.9. The zero-order valence-electron chi connectivity index (χ0n) is 22.0. The zero-order chi connectivity index (χ0) is 28.2. The number of halogens is 2. The van der Waals surface area contributed by atoms with Crippen LogP contribution in [0, 0.1) is 0 Å². The Morgan fingerprint density at radius 3 is 1.21 bits per heavy atom. The van der Waals surface area contributed by atoms with E-state index in [-0.39, 0.29) is 0 Å². The molecule has 5 nitrogen and oxygen atoms in total. The number of esters is 2. The lowest BCUT2D eigenvalue weighted by atomic mass is 10.2. The molecule has 0 unspecified atom stereocenters. The Balaban J connectivity index is 1.43. The Hall–Kier alpha value is -2.83. The second-order valence-electron chi connectivity index (χ2n) is 9.92. The summed E-state index contributed by atoms with van der Waals surface area (Å²) in [6.45, 7) is 8.61. The van der Waals surface area contributed by atoms with Gasteiger partial charge in [-0.05, 0) is 117 Å². The van der Waals surface area contributed by atoms with Crippen molar-refractivity contribution in [3.8, 4) is 11.5 Å². The molecule has 39 heavy (non-hydrogen) atoms. The summed E-state index contributed by atoms with van der Waals surface area (Å²) in [5.41, 5.74) is 0.946. The van der Waals surface area contributed by atoms with Crippen LogP contribution in [0.4, 0.5) is 0 Å². The predicted octanol–water partition coefficient (Wildman–Crippen LogP) is 7.19. The average molecular weight is 685 g/mol. The van der Waals surface area contributed by atoms with Crippen LogP contribution in [-0.4, -0.2) is 28.6 Å². The number of ether oxygens (including phenoxy) is 2. The zero-order valence-corrected chi connectivity index (χ0v) is 27.2. The lowest BCUT2D eigenvalue weighted by Gasteiger charge is -2.34. The molecule has 0 aliphatic heterocycles. The Bertz CT molecular complexity index is 1370. The first-order valence-electron chi connectivity index (χ1n) is 12.3. The molecule has 0 saturated heterocycles. The van der Waals surface area contributed by atoms with Gasteiger partial charge < -0.3 is 13.6 Å². The van der Waals surface area contributed by atoms with Crippen LogP contribution >= 0.6 is 31.9 Å². The molecule has 200 valence electrons. The van der Waals surface area contributed by atoms with Crippen molar-refractivity contribution in [2.24, 2.45) is 0 Å². The summed E-state index contributed by atoms with van der Waals surface area (Å²) in [4.78, 5) is 25.3. The Morgan fingerprint density at radius 1 is 0.538 bits per heavy atom. The third-order valence-corrected chi connectivity index (χ3v) is 15.1. The van der Waals surface area contributed by atoms with Crippen molar-refractivity contribution in [1.29, 1.82) is 0 Å². The first-order valence-corrected chi connectivity index (χ1v) is 19.7. The van der Waals surface area contributed by atoms with Gasteiger partial charge in [0.15, 0.2) is 0 Å². The van der Waals surface area contributed by atoms with Gasteiger partial charge in [0.1, 0.15) is 11.5 Å². The Morgan fingerprint density at radius 2 is 0.872 bits per heavy atom. The van der Waals surface area contributed by atoms with Gasteiger partial charge in [0.05, 0.1) is 20.1 Å². The molecular weight excluding hydrogens is 656 g/mol. The van der Waals surface area contributed by atoms with Crippen LogP contribution in [-0.2, 0) is 4.12 Å². The number of para-hydroxylation sites is 2. The molecule has 4 aromatic rings. The first kappa shape index (κ1) is 29.2. The van der Waals surface area contributed by atoms with Gasteiger partial charge in [0.25, 0.3) is 0 Å². The monoisotopic (exact) mass is 682 g/mol. The Labute approximate surface area is 247 Å². The van der Waals surface area contributed by atoms with Gasteiger partial charge in [-0.2, -0.15) is 0 Å². The molecule has 4 aromatic carbocycles. The molecule has 0 radical (unpaired) electrons. The third-order valence-electron chi connectivity index (χ3n) is 6.22. The number of carbonyl (C=O) groups is 2. The number of benzene rings is 4. The van der Waals surface area contributed by atoms with Crippen LogP contribution < -0.4 is 19.8 Å². The molecule has 0 fully saturated rings. The molecule has 0 heterocycles. The molecule has 0 atom stereocenters. The van der Waals surface area contributed by atoms with Gasteiger partial charge in [-0.1, -0.05) is 48.5 Å². The minimum absolute atomic E-state index is 0.415. The summed E-state index contributed by atoms with van der Waals surface area (Å²) < 4.78 is 19.3. The first-order chi connectivity index (χ1) is 18.5. The van der Waals surface area contributed by atoms with Crippen LogP contribution in [0.2, 0.25) is 26.2 Å². The highest BCUT2D eigenvalue weighted by Gasteiger charge is 2.36. The quantitative estimate of drug-likeness (QED) is 0.112. The van der Waals surface area contributed by atoms with E-state index in [0.717, 1.165) is 19.3 Å². The number of hydrogen-bond donors (Lipinski definition) is 0. The normalized spacial score (nSPS) is 11.6. The second-order valence-corrected chi connectivity index (χ2v) is 19.6. The van der Waals surface area contributed by atoms with E-state index < -0.39 is 28.6 Å². The number of hydrogen-bond acceptors (Lipinski definition) is 5. The van der Waals surface area contributed by atoms with E-state index in [9.17, 15) is 9.59 Å². The Kier molecular flexibility index (Phi) is 9.08. The fourth-order valence-electron chi connectivity index (χ4n) is 4.14. The summed E-state index contributed by atoms with van der Waals surface area (Å²) in [5, 5.41) is 2.16. The lowest BCUT2D eigenvalue weighted by Crippen LogP contribution is -2.57. The number of rotatable bonds is 8. The summed E-state index contributed by atoms with van der Waals surface area (Å²) >= 11 is 6.80. The van der Waals surface area contributed by atoms with E-state index in [4.69, 9.17) is 13.6 Å². The third kappa shape index (κ3) is 7.23. The van der Waals surface area contributed by atoms with Crippen LogP contribution in [0.1, 0.15) is 20.7 Å². The summed E-state index contributed by atoms with van der Waals surface area (Å²) in [5.74, 6) is 0.123. The van der Waals surface area contributed by atoms with Gasteiger partial charge >= 0.3 is 11.9 Å². The van der Waals surface area contributed by atoms with Crippen LogP contribution in [0.15, 0.2) is 106 Å². The fraction of sp³-hybridized carbons (Fsp3) is 0.133. The van der Waals surface area contributed by atoms with E-state index in [1.165, 1.54) is 0 Å². The lowest BCUT2D eigenvalue weighted by molar-refractivity contribution is 0.0724. The van der Waals surface area contributed by atoms with Gasteiger partial charge in [0.2, 0.25) is 16.6 Å². The standard InChI is InChI=1S/C30H28Br2O5Si2/c1-38(2,23-17-13-21(14-18-23)29(33)35-27-11-7-5-9-25(27)31)37-39(3,4)24-19-15-22(16-20-24)30(34)36-28-12-8-6-10-26(28)32/h5-20H,1-4H3. The van der Waals surface area contributed by atoms with Gasteiger partial charge in [-0.15, -0.1) is 0 Å². The minimum Gasteiger partial charge on any atom is -0.449 e. The van der Waals surface area contributed by atoms with E-state index in [2.05, 4.69) is 58.0 Å². The second kappa shape index (κ2) is 12.1. The van der Waals surface area contributed by atoms with Gasteiger partial charge in [0, 0.05) is 0 Å². The highest BCUT2D eigenvalue weighted by molar-refractivity contribution is 9.10. The topological polar surface area (TPSA) is 61.8 Å². The maximum absolute atomic E-state index is 12.6. The van der Waals surface area contributed by atoms with Crippen LogP contribution in [0.3, 0.4) is 0 Å². The molecule has 0 aliphatic carbocycles. The van der Waals surface area contributed by atoms with Crippen molar-refractivity contribution >= 4 is 70.8 Å².